The lowest BCUT2D eigenvalue weighted by atomic mass is 10.1. The number of hydrogen-bond acceptors (Lipinski definition) is 7. The van der Waals surface area contributed by atoms with Crippen LogP contribution in [-0.2, 0) is 4.74 Å². The fourth-order valence-corrected chi connectivity index (χ4v) is 2.09. The second-order valence-corrected chi connectivity index (χ2v) is 4.66. The van der Waals surface area contributed by atoms with E-state index in [0.29, 0.717) is 25.0 Å². The molecule has 1 aromatic heterocycles. The average Bonchev–Trinajstić information content (AvgIpc) is 2.92. The van der Waals surface area contributed by atoms with Crippen molar-refractivity contribution in [2.45, 2.75) is 19.8 Å². The molecule has 0 amide bonds. The van der Waals surface area contributed by atoms with Crippen LogP contribution in [0.15, 0.2) is 6.20 Å². The van der Waals surface area contributed by atoms with Gasteiger partial charge in [-0.1, -0.05) is 0 Å². The molecule has 2 rings (SSSR count). The molecule has 110 valence electrons. The van der Waals surface area contributed by atoms with E-state index in [1.807, 2.05) is 6.92 Å². The van der Waals surface area contributed by atoms with Crippen LogP contribution in [0.25, 0.3) is 0 Å². The summed E-state index contributed by atoms with van der Waals surface area (Å²) < 4.78 is 5.30. The van der Waals surface area contributed by atoms with Gasteiger partial charge in [0.05, 0.1) is 4.92 Å². The smallest absolute Gasteiger partial charge is 0.329 e. The first-order chi connectivity index (χ1) is 9.70. The van der Waals surface area contributed by atoms with Gasteiger partial charge < -0.3 is 15.4 Å². The Balaban J connectivity index is 1.98. The summed E-state index contributed by atoms with van der Waals surface area (Å²) in [5, 5.41) is 16.9. The number of anilines is 2. The van der Waals surface area contributed by atoms with Crippen LogP contribution in [0.2, 0.25) is 0 Å². The highest BCUT2D eigenvalue weighted by Gasteiger charge is 2.19. The van der Waals surface area contributed by atoms with Crippen LogP contribution in [0, 0.1) is 16.0 Å². The van der Waals surface area contributed by atoms with Crippen molar-refractivity contribution in [2.75, 3.05) is 36.9 Å². The molecule has 8 heteroatoms. The van der Waals surface area contributed by atoms with Gasteiger partial charge in [-0.2, -0.15) is 4.98 Å². The van der Waals surface area contributed by atoms with Crippen LogP contribution >= 0.6 is 0 Å². The van der Waals surface area contributed by atoms with Crippen molar-refractivity contribution in [2.24, 2.45) is 5.92 Å². The van der Waals surface area contributed by atoms with E-state index in [1.54, 1.807) is 0 Å². The van der Waals surface area contributed by atoms with E-state index in [4.69, 9.17) is 4.74 Å². The zero-order valence-electron chi connectivity index (χ0n) is 11.5. The molecule has 0 radical (unpaired) electrons. The Kier molecular flexibility index (Phi) is 5.05. The molecule has 0 spiro atoms. The molecule has 1 saturated heterocycles. The van der Waals surface area contributed by atoms with Gasteiger partial charge in [-0.15, -0.1) is 0 Å². The van der Waals surface area contributed by atoms with Gasteiger partial charge in [-0.3, -0.25) is 10.1 Å². The summed E-state index contributed by atoms with van der Waals surface area (Å²) in [4.78, 5) is 18.5. The number of aromatic nitrogens is 2. The maximum Gasteiger partial charge on any atom is 0.329 e. The minimum Gasteiger partial charge on any atom is -0.381 e. The number of ether oxygens (including phenoxy) is 1. The third kappa shape index (κ3) is 3.77. The van der Waals surface area contributed by atoms with Gasteiger partial charge in [0.25, 0.3) is 0 Å². The number of hydrogen-bond donors (Lipinski definition) is 2. The minimum atomic E-state index is -0.475. The van der Waals surface area contributed by atoms with Crippen molar-refractivity contribution in [1.29, 1.82) is 0 Å². The number of nitro groups is 1. The molecule has 0 bridgehead atoms. The zero-order chi connectivity index (χ0) is 14.4. The molecule has 1 unspecified atom stereocenters. The Morgan fingerprint density at radius 3 is 3.05 bits per heavy atom. The van der Waals surface area contributed by atoms with Crippen molar-refractivity contribution < 1.29 is 9.66 Å². The van der Waals surface area contributed by atoms with Crippen LogP contribution in [0.5, 0.6) is 0 Å². The van der Waals surface area contributed by atoms with Gasteiger partial charge in [-0.25, -0.2) is 4.98 Å². The van der Waals surface area contributed by atoms with Crippen LogP contribution in [-0.4, -0.2) is 41.2 Å². The Labute approximate surface area is 117 Å². The summed E-state index contributed by atoms with van der Waals surface area (Å²) in [6.07, 6.45) is 3.19. The normalized spacial score (nSPS) is 17.9. The van der Waals surface area contributed by atoms with E-state index in [0.717, 1.165) is 26.1 Å². The predicted octanol–water partition coefficient (Wildman–Crippen LogP) is 1.66. The standard InChI is InChI=1S/C12H19N5O3/c1-2-13-12-15-7-10(17(18)19)11(16-12)14-5-3-9-4-6-20-8-9/h7,9H,2-6,8H2,1H3,(H2,13,14,15,16). The highest BCUT2D eigenvalue weighted by molar-refractivity contribution is 5.56. The molecule has 8 nitrogen and oxygen atoms in total. The maximum absolute atomic E-state index is 11.0. The summed E-state index contributed by atoms with van der Waals surface area (Å²) in [5.74, 6) is 1.18. The minimum absolute atomic E-state index is 0.102. The van der Waals surface area contributed by atoms with E-state index < -0.39 is 4.92 Å². The first kappa shape index (κ1) is 14.4. The topological polar surface area (TPSA) is 102 Å². The Bertz CT molecular complexity index is 462. The van der Waals surface area contributed by atoms with Gasteiger partial charge in [0, 0.05) is 26.3 Å². The summed E-state index contributed by atoms with van der Waals surface area (Å²) in [6.45, 7) is 4.80. The first-order valence-electron chi connectivity index (χ1n) is 6.77. The molecule has 20 heavy (non-hydrogen) atoms. The maximum atomic E-state index is 11.0. The molecular formula is C12H19N5O3. The summed E-state index contributed by atoms with van der Waals surface area (Å²) in [6, 6.07) is 0. The Morgan fingerprint density at radius 2 is 2.40 bits per heavy atom. The molecule has 1 aliphatic heterocycles. The SMILES string of the molecule is CCNc1ncc([N+](=O)[O-])c(NCCC2CCOC2)n1. The van der Waals surface area contributed by atoms with Gasteiger partial charge in [-0.05, 0) is 25.7 Å². The van der Waals surface area contributed by atoms with E-state index >= 15 is 0 Å². The summed E-state index contributed by atoms with van der Waals surface area (Å²) >= 11 is 0. The lowest BCUT2D eigenvalue weighted by molar-refractivity contribution is -0.384. The Morgan fingerprint density at radius 1 is 1.55 bits per heavy atom. The molecule has 1 aliphatic rings. The highest BCUT2D eigenvalue weighted by Crippen LogP contribution is 2.23. The molecule has 0 aromatic carbocycles. The largest absolute Gasteiger partial charge is 0.381 e. The second-order valence-electron chi connectivity index (χ2n) is 4.66. The quantitative estimate of drug-likeness (QED) is 0.578. The van der Waals surface area contributed by atoms with Crippen molar-refractivity contribution in [1.82, 2.24) is 9.97 Å². The zero-order valence-corrected chi connectivity index (χ0v) is 11.5. The second kappa shape index (κ2) is 6.99. The molecular weight excluding hydrogens is 262 g/mol. The van der Waals surface area contributed by atoms with Gasteiger partial charge in [0.2, 0.25) is 11.8 Å². The molecule has 0 aliphatic carbocycles. The van der Waals surface area contributed by atoms with Crippen LogP contribution in [0.4, 0.5) is 17.5 Å². The van der Waals surface area contributed by atoms with Crippen LogP contribution in [0.3, 0.4) is 0 Å². The van der Waals surface area contributed by atoms with E-state index in [9.17, 15) is 10.1 Å². The van der Waals surface area contributed by atoms with Gasteiger partial charge >= 0.3 is 5.69 Å². The number of rotatable bonds is 7. The Hall–Kier alpha value is -1.96. The highest BCUT2D eigenvalue weighted by atomic mass is 16.6. The molecule has 0 saturated carbocycles. The van der Waals surface area contributed by atoms with Crippen molar-refractivity contribution in [3.05, 3.63) is 16.3 Å². The molecule has 1 fully saturated rings. The first-order valence-corrected chi connectivity index (χ1v) is 6.77. The summed E-state index contributed by atoms with van der Waals surface area (Å²) in [7, 11) is 0. The predicted molar refractivity (Wildman–Crippen MR) is 74.9 cm³/mol. The monoisotopic (exact) mass is 281 g/mol. The molecule has 2 heterocycles. The number of nitrogens with one attached hydrogen (secondary N) is 2. The molecule has 2 N–H and O–H groups in total. The third-order valence-corrected chi connectivity index (χ3v) is 3.17. The van der Waals surface area contributed by atoms with E-state index in [-0.39, 0.29) is 11.5 Å². The lowest BCUT2D eigenvalue weighted by Gasteiger charge is -2.10. The van der Waals surface area contributed by atoms with Crippen molar-refractivity contribution >= 4 is 17.5 Å². The number of nitrogens with zero attached hydrogens (tertiary/aromatic N) is 3. The van der Waals surface area contributed by atoms with Gasteiger partial charge in [0.15, 0.2) is 0 Å². The lowest BCUT2D eigenvalue weighted by Crippen LogP contribution is -2.13. The van der Waals surface area contributed by atoms with Crippen LogP contribution in [0.1, 0.15) is 19.8 Å². The molecule has 1 atom stereocenters. The fraction of sp³-hybridized carbons (Fsp3) is 0.667. The fourth-order valence-electron chi connectivity index (χ4n) is 2.09. The average molecular weight is 281 g/mol. The third-order valence-electron chi connectivity index (χ3n) is 3.17. The van der Waals surface area contributed by atoms with E-state index in [2.05, 4.69) is 20.6 Å². The van der Waals surface area contributed by atoms with E-state index in [1.165, 1.54) is 6.20 Å². The van der Waals surface area contributed by atoms with Crippen molar-refractivity contribution in [3.63, 3.8) is 0 Å². The van der Waals surface area contributed by atoms with Gasteiger partial charge in [0.1, 0.15) is 6.20 Å². The van der Waals surface area contributed by atoms with Crippen LogP contribution < -0.4 is 10.6 Å². The molecule has 1 aromatic rings. The summed E-state index contributed by atoms with van der Waals surface area (Å²) in [5.41, 5.74) is -0.102. The van der Waals surface area contributed by atoms with Crippen molar-refractivity contribution in [3.8, 4) is 0 Å².